The van der Waals surface area contributed by atoms with Crippen molar-refractivity contribution >= 4 is 5.97 Å². The van der Waals surface area contributed by atoms with Crippen molar-refractivity contribution in [2.45, 2.75) is 25.2 Å². The minimum absolute atomic E-state index is 0.0768. The number of halogens is 6. The number of carboxylic acid groups (broad SMARTS) is 1. The zero-order chi connectivity index (χ0) is 22.1. The number of hydrogen-bond donors (Lipinski definition) is 1. The van der Waals surface area contributed by atoms with Crippen molar-refractivity contribution < 1.29 is 36.2 Å². The maximum absolute atomic E-state index is 13.1. The topological polar surface area (TPSA) is 42.2 Å². The number of rotatable bonds is 5. The van der Waals surface area contributed by atoms with Crippen LogP contribution in [0.2, 0.25) is 0 Å². The van der Waals surface area contributed by atoms with Gasteiger partial charge >= 0.3 is 18.3 Å². The summed E-state index contributed by atoms with van der Waals surface area (Å²) in [7, 11) is 0. The van der Waals surface area contributed by atoms with E-state index in [9.17, 15) is 31.1 Å². The summed E-state index contributed by atoms with van der Waals surface area (Å²) >= 11 is 0. The molecule has 0 radical (unpaired) electrons. The molecule has 1 heterocycles. The zero-order valence-electron chi connectivity index (χ0n) is 15.3. The van der Waals surface area contributed by atoms with Crippen LogP contribution in [0.5, 0.6) is 0 Å². The largest absolute Gasteiger partial charge is 0.481 e. The summed E-state index contributed by atoms with van der Waals surface area (Å²) in [5.74, 6) is -0.955. The molecule has 0 atom stereocenters. The Hall–Kier alpha value is -3.23. The molecule has 2 aromatic carbocycles. The van der Waals surface area contributed by atoms with Gasteiger partial charge in [0.2, 0.25) is 0 Å². The molecule has 0 amide bonds. The minimum atomic E-state index is -4.92. The van der Waals surface area contributed by atoms with Crippen LogP contribution < -0.4 is 0 Å². The Morgan fingerprint density at radius 2 is 1.40 bits per heavy atom. The first-order valence-corrected chi connectivity index (χ1v) is 8.73. The van der Waals surface area contributed by atoms with E-state index in [2.05, 4.69) is 0 Å². The summed E-state index contributed by atoms with van der Waals surface area (Å²) in [4.78, 5) is 10.8. The number of aryl methyl sites for hydroxylation is 1. The van der Waals surface area contributed by atoms with Crippen LogP contribution in [0.4, 0.5) is 26.3 Å². The maximum Gasteiger partial charge on any atom is 0.416 e. The van der Waals surface area contributed by atoms with Crippen molar-refractivity contribution in [1.29, 1.82) is 0 Å². The molecule has 0 bridgehead atoms. The molecule has 1 N–H and O–H groups in total. The predicted molar refractivity (Wildman–Crippen MR) is 97.2 cm³/mol. The average Bonchev–Trinajstić information content (AvgIpc) is 3.13. The first kappa shape index (κ1) is 21.5. The molecule has 0 fully saturated rings. The van der Waals surface area contributed by atoms with E-state index >= 15 is 0 Å². The van der Waals surface area contributed by atoms with Crippen molar-refractivity contribution in [3.63, 3.8) is 0 Å². The second kappa shape index (κ2) is 7.89. The molecule has 9 heteroatoms. The van der Waals surface area contributed by atoms with Crippen LogP contribution in [0.25, 0.3) is 16.8 Å². The normalized spacial score (nSPS) is 12.2. The highest BCUT2D eigenvalue weighted by molar-refractivity contribution is 5.68. The van der Waals surface area contributed by atoms with Gasteiger partial charge in [-0.15, -0.1) is 0 Å². The molecular weight excluding hydrogens is 412 g/mol. The number of benzene rings is 2. The number of aliphatic carboxylic acids is 1. The third kappa shape index (κ3) is 4.84. The number of carbonyl (C=O) groups is 1. The fourth-order valence-corrected chi connectivity index (χ4v) is 3.04. The Balaban J connectivity index is 1.97. The van der Waals surface area contributed by atoms with Crippen LogP contribution in [-0.4, -0.2) is 15.6 Å². The zero-order valence-corrected chi connectivity index (χ0v) is 15.3. The number of hydrogen-bond acceptors (Lipinski definition) is 1. The molecule has 0 spiro atoms. The molecule has 0 aliphatic rings. The lowest BCUT2D eigenvalue weighted by Gasteiger charge is -2.15. The van der Waals surface area contributed by atoms with Crippen molar-refractivity contribution in [2.24, 2.45) is 0 Å². The summed E-state index contributed by atoms with van der Waals surface area (Å²) in [5, 5.41) is 8.83. The second-order valence-electron chi connectivity index (χ2n) is 6.60. The number of alkyl halides is 6. The summed E-state index contributed by atoms with van der Waals surface area (Å²) in [6.45, 7) is 0. The van der Waals surface area contributed by atoms with Gasteiger partial charge in [-0.05, 0) is 60.0 Å². The highest BCUT2D eigenvalue weighted by Gasteiger charge is 2.37. The Morgan fingerprint density at radius 1 is 0.833 bits per heavy atom. The van der Waals surface area contributed by atoms with Crippen molar-refractivity contribution in [1.82, 2.24) is 4.57 Å². The lowest BCUT2D eigenvalue weighted by atomic mass is 9.99. The Bertz CT molecular complexity index is 1020. The molecular formula is C21H15F6NO2. The van der Waals surface area contributed by atoms with Crippen LogP contribution in [-0.2, 0) is 23.6 Å². The lowest BCUT2D eigenvalue weighted by molar-refractivity contribution is -0.143. The van der Waals surface area contributed by atoms with E-state index in [1.54, 1.807) is 35.0 Å². The third-order valence-corrected chi connectivity index (χ3v) is 4.49. The Kier molecular flexibility index (Phi) is 5.65. The van der Waals surface area contributed by atoms with Gasteiger partial charge in [0.25, 0.3) is 0 Å². The minimum Gasteiger partial charge on any atom is -0.481 e. The summed E-state index contributed by atoms with van der Waals surface area (Å²) < 4.78 is 80.1. The first-order chi connectivity index (χ1) is 13.9. The molecule has 0 saturated heterocycles. The van der Waals surface area contributed by atoms with Gasteiger partial charge in [-0.2, -0.15) is 26.3 Å². The van der Waals surface area contributed by atoms with Gasteiger partial charge in [0.05, 0.1) is 17.5 Å². The van der Waals surface area contributed by atoms with E-state index in [0.717, 1.165) is 0 Å². The third-order valence-electron chi connectivity index (χ3n) is 4.49. The van der Waals surface area contributed by atoms with Gasteiger partial charge in [-0.1, -0.05) is 12.1 Å². The fraction of sp³-hybridized carbons (Fsp3) is 0.190. The first-order valence-electron chi connectivity index (χ1n) is 8.73. The van der Waals surface area contributed by atoms with Crippen LogP contribution >= 0.6 is 0 Å². The molecule has 0 saturated carbocycles. The highest BCUT2D eigenvalue weighted by atomic mass is 19.4. The average molecular weight is 427 g/mol. The van der Waals surface area contributed by atoms with Gasteiger partial charge in [0.1, 0.15) is 0 Å². The molecule has 0 aliphatic heterocycles. The molecule has 3 aromatic rings. The van der Waals surface area contributed by atoms with Crippen LogP contribution in [0.1, 0.15) is 23.2 Å². The van der Waals surface area contributed by atoms with Gasteiger partial charge in [0, 0.05) is 17.6 Å². The SMILES string of the molecule is O=C(O)CCc1cccn1-c1ccc(-c2cc(C(F)(F)F)cc(C(F)(F)F)c2)cc1. The van der Waals surface area contributed by atoms with Gasteiger partial charge < -0.3 is 9.67 Å². The second-order valence-corrected chi connectivity index (χ2v) is 6.60. The van der Waals surface area contributed by atoms with Crippen LogP contribution in [0.15, 0.2) is 60.8 Å². The van der Waals surface area contributed by atoms with Crippen molar-refractivity contribution in [3.05, 3.63) is 77.6 Å². The molecule has 3 rings (SSSR count). The number of carboxylic acids is 1. The van der Waals surface area contributed by atoms with Gasteiger partial charge in [0.15, 0.2) is 0 Å². The standard InChI is InChI=1S/C21H15F6NO2/c22-20(23,24)15-10-14(11-16(12-15)21(25,26)27)13-3-5-18(6-4-13)28-9-1-2-17(28)7-8-19(29)30/h1-6,9-12H,7-8H2,(H,29,30). The number of nitrogens with zero attached hydrogens (tertiary/aromatic N) is 1. The lowest BCUT2D eigenvalue weighted by Crippen LogP contribution is -2.11. The molecule has 3 nitrogen and oxygen atoms in total. The highest BCUT2D eigenvalue weighted by Crippen LogP contribution is 2.38. The van der Waals surface area contributed by atoms with E-state index < -0.39 is 29.4 Å². The molecule has 1 aromatic heterocycles. The predicted octanol–water partition coefficient (Wildman–Crippen LogP) is 6.20. The molecule has 0 aliphatic carbocycles. The monoisotopic (exact) mass is 427 g/mol. The molecule has 158 valence electrons. The van der Waals surface area contributed by atoms with Gasteiger partial charge in [-0.3, -0.25) is 4.79 Å². The van der Waals surface area contributed by atoms with Crippen LogP contribution in [0.3, 0.4) is 0 Å². The van der Waals surface area contributed by atoms with Crippen molar-refractivity contribution in [3.8, 4) is 16.8 Å². The summed E-state index contributed by atoms with van der Waals surface area (Å²) in [6, 6.07) is 10.8. The van der Waals surface area contributed by atoms with Crippen molar-refractivity contribution in [2.75, 3.05) is 0 Å². The quantitative estimate of drug-likeness (QED) is 0.493. The maximum atomic E-state index is 13.1. The number of aromatic nitrogens is 1. The van der Waals surface area contributed by atoms with E-state index in [0.29, 0.717) is 23.5 Å². The smallest absolute Gasteiger partial charge is 0.416 e. The Labute approximate surface area is 167 Å². The van der Waals surface area contributed by atoms with E-state index in [1.165, 1.54) is 12.1 Å². The van der Waals surface area contributed by atoms with Crippen LogP contribution in [0, 0.1) is 0 Å². The van der Waals surface area contributed by atoms with E-state index in [-0.39, 0.29) is 30.0 Å². The Morgan fingerprint density at radius 3 is 1.90 bits per heavy atom. The summed E-state index contributed by atoms with van der Waals surface area (Å²) in [5.41, 5.74) is -1.46. The van der Waals surface area contributed by atoms with Gasteiger partial charge in [-0.25, -0.2) is 0 Å². The molecule has 30 heavy (non-hydrogen) atoms. The van der Waals surface area contributed by atoms with E-state index in [1.807, 2.05) is 0 Å². The molecule has 0 unspecified atom stereocenters. The summed E-state index contributed by atoms with van der Waals surface area (Å²) in [6.07, 6.45) is -7.95. The fourth-order valence-electron chi connectivity index (χ4n) is 3.04. The van der Waals surface area contributed by atoms with E-state index in [4.69, 9.17) is 5.11 Å².